The largest absolute Gasteiger partial charge is 0.314 e. The Morgan fingerprint density at radius 3 is 2.65 bits per heavy atom. The quantitative estimate of drug-likeness (QED) is 0.408. The van der Waals surface area contributed by atoms with Crippen molar-refractivity contribution in [2.24, 2.45) is 5.92 Å². The van der Waals surface area contributed by atoms with Crippen molar-refractivity contribution in [2.75, 3.05) is 18.6 Å². The summed E-state index contributed by atoms with van der Waals surface area (Å²) >= 11 is 1.97. The zero-order valence-electron chi connectivity index (χ0n) is 12.0. The van der Waals surface area contributed by atoms with Crippen molar-refractivity contribution in [3.63, 3.8) is 0 Å². The minimum Gasteiger partial charge on any atom is -0.314 e. The van der Waals surface area contributed by atoms with Gasteiger partial charge >= 0.3 is 0 Å². The Bertz CT molecular complexity index is 170. The van der Waals surface area contributed by atoms with Gasteiger partial charge in [0, 0.05) is 6.04 Å². The van der Waals surface area contributed by atoms with Crippen LogP contribution in [0.5, 0.6) is 0 Å². The van der Waals surface area contributed by atoms with E-state index in [1.54, 1.807) is 0 Å². The molecule has 0 saturated carbocycles. The number of hydrogen-bond donors (Lipinski definition) is 1. The second-order valence-electron chi connectivity index (χ2n) is 4.92. The zero-order valence-corrected chi connectivity index (χ0v) is 12.8. The van der Waals surface area contributed by atoms with Gasteiger partial charge in [0.15, 0.2) is 0 Å². The van der Waals surface area contributed by atoms with E-state index in [1.165, 1.54) is 44.3 Å². The number of hydrogen-bond acceptors (Lipinski definition) is 2. The summed E-state index contributed by atoms with van der Waals surface area (Å²) in [4.78, 5) is 0. The van der Waals surface area contributed by atoms with Crippen molar-refractivity contribution in [1.82, 2.24) is 5.32 Å². The monoisotopic (exact) mass is 257 g/mol. The molecule has 0 bridgehead atoms. The lowest BCUT2D eigenvalue weighted by Gasteiger charge is -2.24. The Hall–Kier alpha value is 0.0500. The first-order chi connectivity index (χ1) is 8.26. The number of rotatable bonds is 12. The maximum Gasteiger partial charge on any atom is 0.0101 e. The molecule has 0 amide bonds. The third kappa shape index (κ3) is 9.72. The Morgan fingerprint density at radius 1 is 1.29 bits per heavy atom. The van der Waals surface area contributed by atoms with E-state index in [-0.39, 0.29) is 0 Å². The molecule has 0 aromatic carbocycles. The summed E-state index contributed by atoms with van der Waals surface area (Å²) in [6, 6.07) is 0.714. The van der Waals surface area contributed by atoms with Gasteiger partial charge in [-0.3, -0.25) is 0 Å². The predicted molar refractivity (Wildman–Crippen MR) is 82.9 cm³/mol. The molecule has 0 fully saturated rings. The topological polar surface area (TPSA) is 12.0 Å². The fraction of sp³-hybridized carbons (Fsp3) is 0.867. The smallest absolute Gasteiger partial charge is 0.0101 e. The molecule has 0 rings (SSSR count). The average Bonchev–Trinajstić information content (AvgIpc) is 2.33. The molecule has 0 saturated heterocycles. The molecule has 102 valence electrons. The molecule has 0 aromatic heterocycles. The van der Waals surface area contributed by atoms with Crippen LogP contribution in [-0.4, -0.2) is 24.6 Å². The highest BCUT2D eigenvalue weighted by Crippen LogP contribution is 2.16. The summed E-state index contributed by atoms with van der Waals surface area (Å²) < 4.78 is 0. The highest BCUT2D eigenvalue weighted by molar-refractivity contribution is 7.98. The first kappa shape index (κ1) is 17.1. The molecule has 1 N–H and O–H groups in total. The SMILES string of the molecule is C=CCCCCCC(NCCC)C(C)CSC. The van der Waals surface area contributed by atoms with Crippen molar-refractivity contribution < 1.29 is 0 Å². The molecule has 2 unspecified atom stereocenters. The van der Waals surface area contributed by atoms with Gasteiger partial charge in [-0.05, 0) is 50.2 Å². The lowest BCUT2D eigenvalue weighted by atomic mass is 9.97. The van der Waals surface area contributed by atoms with Crippen molar-refractivity contribution >= 4 is 11.8 Å². The van der Waals surface area contributed by atoms with Gasteiger partial charge in [0.05, 0.1) is 0 Å². The molecule has 0 radical (unpaired) electrons. The van der Waals surface area contributed by atoms with E-state index in [0.717, 1.165) is 12.5 Å². The van der Waals surface area contributed by atoms with Crippen LogP contribution in [0.3, 0.4) is 0 Å². The highest BCUT2D eigenvalue weighted by atomic mass is 32.2. The molecule has 2 heteroatoms. The standard InChI is InChI=1S/C15H31NS/c1-5-7-8-9-10-11-15(16-12-6-2)14(3)13-17-4/h5,14-16H,1,6-13H2,2-4H3. The van der Waals surface area contributed by atoms with Crippen LogP contribution in [0.2, 0.25) is 0 Å². The van der Waals surface area contributed by atoms with Crippen molar-refractivity contribution in [1.29, 1.82) is 0 Å². The molecule has 0 aliphatic rings. The van der Waals surface area contributed by atoms with Crippen LogP contribution >= 0.6 is 11.8 Å². The molecule has 0 aliphatic carbocycles. The lowest BCUT2D eigenvalue weighted by Crippen LogP contribution is -2.36. The molecule has 17 heavy (non-hydrogen) atoms. The van der Waals surface area contributed by atoms with Crippen LogP contribution in [0, 0.1) is 5.92 Å². The third-order valence-electron chi connectivity index (χ3n) is 3.20. The third-order valence-corrected chi connectivity index (χ3v) is 4.06. The van der Waals surface area contributed by atoms with Gasteiger partial charge in [0.25, 0.3) is 0 Å². The van der Waals surface area contributed by atoms with E-state index in [0.29, 0.717) is 6.04 Å². The number of thioether (sulfide) groups is 1. The van der Waals surface area contributed by atoms with E-state index in [4.69, 9.17) is 0 Å². The van der Waals surface area contributed by atoms with E-state index < -0.39 is 0 Å². The molecule has 1 nitrogen and oxygen atoms in total. The summed E-state index contributed by atoms with van der Waals surface area (Å²) in [7, 11) is 0. The minimum absolute atomic E-state index is 0.714. The van der Waals surface area contributed by atoms with Crippen molar-refractivity contribution in [3.05, 3.63) is 12.7 Å². The molecule has 0 spiro atoms. The maximum atomic E-state index is 3.77. The molecule has 0 aliphatic heterocycles. The van der Waals surface area contributed by atoms with Crippen LogP contribution in [0.15, 0.2) is 12.7 Å². The van der Waals surface area contributed by atoms with Gasteiger partial charge in [0.2, 0.25) is 0 Å². The number of allylic oxidation sites excluding steroid dienone is 1. The first-order valence-corrected chi connectivity index (χ1v) is 8.48. The lowest BCUT2D eigenvalue weighted by molar-refractivity contribution is 0.370. The van der Waals surface area contributed by atoms with Gasteiger partial charge in [-0.2, -0.15) is 11.8 Å². The van der Waals surface area contributed by atoms with Crippen LogP contribution in [0.25, 0.3) is 0 Å². The van der Waals surface area contributed by atoms with Crippen LogP contribution in [0.4, 0.5) is 0 Å². The van der Waals surface area contributed by atoms with Gasteiger partial charge in [0.1, 0.15) is 0 Å². The minimum atomic E-state index is 0.714. The Kier molecular flexibility index (Phi) is 12.5. The Morgan fingerprint density at radius 2 is 2.06 bits per heavy atom. The zero-order chi connectivity index (χ0) is 12.9. The average molecular weight is 257 g/mol. The second kappa shape index (κ2) is 12.5. The summed E-state index contributed by atoms with van der Waals surface area (Å²) in [6.07, 6.45) is 12.0. The maximum absolute atomic E-state index is 3.77. The van der Waals surface area contributed by atoms with Gasteiger partial charge in [-0.25, -0.2) is 0 Å². The summed E-state index contributed by atoms with van der Waals surface area (Å²) in [5.41, 5.74) is 0. The fourth-order valence-corrected chi connectivity index (χ4v) is 2.88. The van der Waals surface area contributed by atoms with Crippen LogP contribution in [-0.2, 0) is 0 Å². The summed E-state index contributed by atoms with van der Waals surface area (Å²) in [5, 5.41) is 3.71. The predicted octanol–water partition coefficient (Wildman–Crippen LogP) is 4.49. The second-order valence-corrected chi connectivity index (χ2v) is 5.83. The first-order valence-electron chi connectivity index (χ1n) is 7.09. The molecular formula is C15H31NS. The highest BCUT2D eigenvalue weighted by Gasteiger charge is 2.15. The summed E-state index contributed by atoms with van der Waals surface area (Å²) in [5.74, 6) is 2.06. The van der Waals surface area contributed by atoms with E-state index in [1.807, 2.05) is 17.8 Å². The molecule has 0 heterocycles. The number of nitrogens with one attached hydrogen (secondary N) is 1. The molecule has 2 atom stereocenters. The van der Waals surface area contributed by atoms with Gasteiger partial charge < -0.3 is 5.32 Å². The van der Waals surface area contributed by atoms with Gasteiger partial charge in [-0.1, -0.05) is 32.8 Å². The van der Waals surface area contributed by atoms with E-state index in [9.17, 15) is 0 Å². The van der Waals surface area contributed by atoms with Crippen molar-refractivity contribution in [3.8, 4) is 0 Å². The molecular weight excluding hydrogens is 226 g/mol. The normalized spacial score (nSPS) is 14.5. The van der Waals surface area contributed by atoms with E-state index >= 15 is 0 Å². The van der Waals surface area contributed by atoms with Crippen LogP contribution in [0.1, 0.15) is 52.4 Å². The van der Waals surface area contributed by atoms with Gasteiger partial charge in [-0.15, -0.1) is 6.58 Å². The van der Waals surface area contributed by atoms with E-state index in [2.05, 4.69) is 32.0 Å². The molecule has 0 aromatic rings. The van der Waals surface area contributed by atoms with Crippen LogP contribution < -0.4 is 5.32 Å². The van der Waals surface area contributed by atoms with Crippen molar-refractivity contribution in [2.45, 2.75) is 58.4 Å². The fourth-order valence-electron chi connectivity index (χ4n) is 2.13. The Balaban J connectivity index is 3.79. The number of unbranched alkanes of at least 4 members (excludes halogenated alkanes) is 3. The Labute approximate surface area is 113 Å². The summed E-state index contributed by atoms with van der Waals surface area (Å²) in [6.45, 7) is 9.56.